The molecule has 0 radical (unpaired) electrons. The Morgan fingerprint density at radius 2 is 1.80 bits per heavy atom. The lowest BCUT2D eigenvalue weighted by Gasteiger charge is -2.19. The van der Waals surface area contributed by atoms with Crippen molar-refractivity contribution in [2.24, 2.45) is 0 Å². The van der Waals surface area contributed by atoms with Gasteiger partial charge < -0.3 is 9.88 Å². The van der Waals surface area contributed by atoms with Crippen LogP contribution in [-0.4, -0.2) is 26.0 Å². The average molecular weight is 295 g/mol. The summed E-state index contributed by atoms with van der Waals surface area (Å²) in [5, 5.41) is 3.65. The van der Waals surface area contributed by atoms with Crippen LogP contribution in [-0.2, 0) is 4.57 Å². The van der Waals surface area contributed by atoms with Crippen LogP contribution in [0.25, 0.3) is 0 Å². The SMILES string of the molecule is CCCCCC(NCCCP(C)(C)=O)c1ccccc1. The first kappa shape index (κ1) is 17.5. The molecule has 0 fully saturated rings. The first-order valence-corrected chi connectivity index (χ1v) is 10.6. The highest BCUT2D eigenvalue weighted by Crippen LogP contribution is 2.36. The Hall–Kier alpha value is -0.590. The van der Waals surface area contributed by atoms with E-state index in [1.807, 2.05) is 13.3 Å². The van der Waals surface area contributed by atoms with Crippen molar-refractivity contribution in [2.75, 3.05) is 26.0 Å². The van der Waals surface area contributed by atoms with E-state index in [9.17, 15) is 4.57 Å². The van der Waals surface area contributed by atoms with E-state index in [4.69, 9.17) is 0 Å². The highest BCUT2D eigenvalue weighted by Gasteiger charge is 2.11. The van der Waals surface area contributed by atoms with Gasteiger partial charge >= 0.3 is 0 Å². The molecule has 114 valence electrons. The summed E-state index contributed by atoms with van der Waals surface area (Å²) in [6.07, 6.45) is 6.86. The number of hydrogen-bond donors (Lipinski definition) is 1. The Labute approximate surface area is 124 Å². The Balaban J connectivity index is 2.44. The lowest BCUT2D eigenvalue weighted by atomic mass is 10.0. The molecule has 0 aromatic heterocycles. The lowest BCUT2D eigenvalue weighted by molar-refractivity contribution is 0.474. The minimum atomic E-state index is -1.86. The summed E-state index contributed by atoms with van der Waals surface area (Å²) >= 11 is 0. The minimum Gasteiger partial charge on any atom is -0.324 e. The van der Waals surface area contributed by atoms with E-state index in [0.717, 1.165) is 19.1 Å². The van der Waals surface area contributed by atoms with Gasteiger partial charge in [0.2, 0.25) is 0 Å². The molecule has 1 N–H and O–H groups in total. The van der Waals surface area contributed by atoms with Crippen LogP contribution in [0.5, 0.6) is 0 Å². The van der Waals surface area contributed by atoms with Gasteiger partial charge in [0.05, 0.1) is 7.14 Å². The number of unbranched alkanes of at least 4 members (excludes halogenated alkanes) is 2. The monoisotopic (exact) mass is 295 g/mol. The van der Waals surface area contributed by atoms with Crippen LogP contribution in [0.15, 0.2) is 30.3 Å². The van der Waals surface area contributed by atoms with Gasteiger partial charge in [-0.3, -0.25) is 0 Å². The Kier molecular flexibility index (Phi) is 8.18. The standard InChI is InChI=1S/C17H30NOP/c1-4-5-7-13-17(16-11-8-6-9-12-16)18-14-10-15-20(2,3)19/h6,8-9,11-12,17-18H,4-5,7,10,13-15H2,1-3H3. The van der Waals surface area contributed by atoms with E-state index in [0.29, 0.717) is 6.04 Å². The third-order valence-corrected chi connectivity index (χ3v) is 4.96. The summed E-state index contributed by atoms with van der Waals surface area (Å²) in [6.45, 7) is 6.95. The van der Waals surface area contributed by atoms with E-state index < -0.39 is 7.14 Å². The van der Waals surface area contributed by atoms with Crippen molar-refractivity contribution in [2.45, 2.75) is 45.1 Å². The van der Waals surface area contributed by atoms with Gasteiger partial charge in [-0.25, -0.2) is 0 Å². The van der Waals surface area contributed by atoms with E-state index in [-0.39, 0.29) is 0 Å². The van der Waals surface area contributed by atoms with Crippen molar-refractivity contribution in [1.82, 2.24) is 5.32 Å². The van der Waals surface area contributed by atoms with Gasteiger partial charge in [0.25, 0.3) is 0 Å². The molecule has 0 bridgehead atoms. The van der Waals surface area contributed by atoms with Gasteiger partial charge in [-0.1, -0.05) is 56.5 Å². The molecule has 1 atom stereocenters. The van der Waals surface area contributed by atoms with Crippen molar-refractivity contribution in [3.05, 3.63) is 35.9 Å². The summed E-state index contributed by atoms with van der Waals surface area (Å²) in [7, 11) is -1.86. The molecule has 1 aromatic rings. The average Bonchev–Trinajstić information content (AvgIpc) is 2.41. The molecule has 1 rings (SSSR count). The van der Waals surface area contributed by atoms with Crippen molar-refractivity contribution >= 4 is 7.14 Å². The van der Waals surface area contributed by atoms with Gasteiger partial charge in [-0.2, -0.15) is 0 Å². The minimum absolute atomic E-state index is 0.441. The molecule has 0 amide bonds. The zero-order valence-corrected chi connectivity index (χ0v) is 14.2. The molecule has 0 aliphatic carbocycles. The van der Waals surface area contributed by atoms with Gasteiger partial charge in [0.15, 0.2) is 0 Å². The fraction of sp³-hybridized carbons (Fsp3) is 0.647. The molecule has 0 heterocycles. The molecule has 2 nitrogen and oxygen atoms in total. The van der Waals surface area contributed by atoms with Gasteiger partial charge in [-0.15, -0.1) is 0 Å². The molecule has 0 aliphatic rings. The predicted octanol–water partition coefficient (Wildman–Crippen LogP) is 4.91. The van der Waals surface area contributed by atoms with Gasteiger partial charge in [0, 0.05) is 12.2 Å². The predicted molar refractivity (Wildman–Crippen MR) is 90.3 cm³/mol. The molecular weight excluding hydrogens is 265 g/mol. The second-order valence-electron chi connectivity index (χ2n) is 6.06. The molecule has 0 saturated carbocycles. The van der Waals surface area contributed by atoms with Crippen molar-refractivity contribution < 1.29 is 4.57 Å². The van der Waals surface area contributed by atoms with Gasteiger partial charge in [-0.05, 0) is 38.3 Å². The maximum absolute atomic E-state index is 11.7. The second kappa shape index (κ2) is 9.37. The third-order valence-electron chi connectivity index (χ3n) is 3.56. The highest BCUT2D eigenvalue weighted by atomic mass is 31.2. The van der Waals surface area contributed by atoms with Crippen LogP contribution in [0, 0.1) is 0 Å². The maximum Gasteiger partial charge on any atom is 0.0819 e. The van der Waals surface area contributed by atoms with Crippen molar-refractivity contribution in [1.29, 1.82) is 0 Å². The number of rotatable bonds is 10. The zero-order valence-electron chi connectivity index (χ0n) is 13.3. The summed E-state index contributed by atoms with van der Waals surface area (Å²) in [5.41, 5.74) is 1.37. The second-order valence-corrected chi connectivity index (χ2v) is 9.66. The molecule has 0 aliphatic heterocycles. The van der Waals surface area contributed by atoms with Crippen LogP contribution in [0.1, 0.15) is 50.6 Å². The van der Waals surface area contributed by atoms with E-state index in [1.165, 1.54) is 31.2 Å². The fourth-order valence-electron chi connectivity index (χ4n) is 2.41. The number of benzene rings is 1. The molecule has 1 aromatic carbocycles. The summed E-state index contributed by atoms with van der Waals surface area (Å²) in [5.74, 6) is 0. The molecule has 1 unspecified atom stereocenters. The topological polar surface area (TPSA) is 29.1 Å². The summed E-state index contributed by atoms with van der Waals surface area (Å²) in [4.78, 5) is 0. The molecular formula is C17H30NOP. The normalized spacial score (nSPS) is 13.3. The van der Waals surface area contributed by atoms with E-state index in [1.54, 1.807) is 0 Å². The van der Waals surface area contributed by atoms with Crippen LogP contribution in [0.4, 0.5) is 0 Å². The molecule has 3 heteroatoms. The first-order chi connectivity index (χ1) is 9.53. The zero-order chi connectivity index (χ0) is 14.8. The van der Waals surface area contributed by atoms with Crippen LogP contribution in [0.3, 0.4) is 0 Å². The van der Waals surface area contributed by atoms with Crippen LogP contribution >= 0.6 is 7.14 Å². The Morgan fingerprint density at radius 3 is 2.40 bits per heavy atom. The van der Waals surface area contributed by atoms with Crippen molar-refractivity contribution in [3.8, 4) is 0 Å². The smallest absolute Gasteiger partial charge is 0.0819 e. The summed E-state index contributed by atoms with van der Waals surface area (Å²) < 4.78 is 11.7. The third kappa shape index (κ3) is 7.87. The molecule has 0 spiro atoms. The molecule has 20 heavy (non-hydrogen) atoms. The molecule has 0 saturated heterocycles. The quantitative estimate of drug-likeness (QED) is 0.491. The lowest BCUT2D eigenvalue weighted by Crippen LogP contribution is -2.23. The van der Waals surface area contributed by atoms with Crippen LogP contribution in [0.2, 0.25) is 0 Å². The highest BCUT2D eigenvalue weighted by molar-refractivity contribution is 7.62. The van der Waals surface area contributed by atoms with E-state index >= 15 is 0 Å². The van der Waals surface area contributed by atoms with Crippen LogP contribution < -0.4 is 5.32 Å². The maximum atomic E-state index is 11.7. The van der Waals surface area contributed by atoms with Crippen molar-refractivity contribution in [3.63, 3.8) is 0 Å². The van der Waals surface area contributed by atoms with Gasteiger partial charge in [0.1, 0.15) is 0 Å². The largest absolute Gasteiger partial charge is 0.324 e. The number of hydrogen-bond acceptors (Lipinski definition) is 2. The number of nitrogens with one attached hydrogen (secondary N) is 1. The first-order valence-electron chi connectivity index (χ1n) is 7.85. The Morgan fingerprint density at radius 1 is 1.10 bits per heavy atom. The van der Waals surface area contributed by atoms with E-state index in [2.05, 4.69) is 42.6 Å². The Bertz CT molecular complexity index is 399. The summed E-state index contributed by atoms with van der Waals surface area (Å²) in [6, 6.07) is 11.1. The fourth-order valence-corrected chi connectivity index (χ4v) is 3.33.